The van der Waals surface area contributed by atoms with Crippen LogP contribution in [0.2, 0.25) is 0 Å². The van der Waals surface area contributed by atoms with Gasteiger partial charge in [0, 0.05) is 32.0 Å². The van der Waals surface area contributed by atoms with Crippen molar-refractivity contribution < 1.29 is 9.13 Å². The molecule has 0 amide bonds. The summed E-state index contributed by atoms with van der Waals surface area (Å²) in [6.07, 6.45) is 3.86. The second-order valence-electron chi connectivity index (χ2n) is 5.28. The van der Waals surface area contributed by atoms with Crippen LogP contribution in [0.3, 0.4) is 0 Å². The van der Waals surface area contributed by atoms with Gasteiger partial charge in [0.15, 0.2) is 0 Å². The predicted octanol–water partition coefficient (Wildman–Crippen LogP) is 2.62. The molecular weight excluding hydrogens is 269 g/mol. The molecule has 0 saturated carbocycles. The van der Waals surface area contributed by atoms with Gasteiger partial charge in [-0.15, -0.1) is 0 Å². The monoisotopic (exact) mass is 289 g/mol. The first-order valence-corrected chi connectivity index (χ1v) is 7.35. The van der Waals surface area contributed by atoms with Gasteiger partial charge < -0.3 is 9.30 Å². The van der Waals surface area contributed by atoms with Gasteiger partial charge >= 0.3 is 0 Å². The fraction of sp³-hybridized carbons (Fsp3) is 0.438. The Balaban J connectivity index is 1.67. The van der Waals surface area contributed by atoms with Crippen LogP contribution in [0.25, 0.3) is 0 Å². The summed E-state index contributed by atoms with van der Waals surface area (Å²) in [5, 5.41) is 0. The van der Waals surface area contributed by atoms with Crippen molar-refractivity contribution in [2.75, 3.05) is 19.7 Å². The van der Waals surface area contributed by atoms with E-state index >= 15 is 0 Å². The van der Waals surface area contributed by atoms with Gasteiger partial charge in [-0.05, 0) is 24.6 Å². The molecule has 112 valence electrons. The molecule has 0 radical (unpaired) electrons. The minimum atomic E-state index is -0.212. The molecule has 1 aliphatic heterocycles. The molecule has 21 heavy (non-hydrogen) atoms. The summed E-state index contributed by atoms with van der Waals surface area (Å²) in [7, 11) is 0. The Kier molecular flexibility index (Phi) is 4.31. The molecule has 5 heteroatoms. The third-order valence-electron chi connectivity index (χ3n) is 3.90. The van der Waals surface area contributed by atoms with Crippen LogP contribution in [0, 0.1) is 5.82 Å². The topological polar surface area (TPSA) is 30.3 Å². The van der Waals surface area contributed by atoms with E-state index in [-0.39, 0.29) is 11.9 Å². The summed E-state index contributed by atoms with van der Waals surface area (Å²) in [5.74, 6) is 0.869. The molecule has 2 heterocycles. The lowest BCUT2D eigenvalue weighted by molar-refractivity contribution is -0.0339. The molecule has 3 rings (SSSR count). The molecule has 1 aliphatic rings. The van der Waals surface area contributed by atoms with Gasteiger partial charge in [0.2, 0.25) is 0 Å². The van der Waals surface area contributed by atoms with E-state index in [9.17, 15) is 4.39 Å². The van der Waals surface area contributed by atoms with E-state index in [1.165, 1.54) is 12.1 Å². The number of rotatable bonds is 4. The first kappa shape index (κ1) is 14.2. The van der Waals surface area contributed by atoms with E-state index in [2.05, 4.69) is 21.4 Å². The van der Waals surface area contributed by atoms with Gasteiger partial charge in [-0.2, -0.15) is 0 Å². The van der Waals surface area contributed by atoms with Crippen LogP contribution in [-0.4, -0.2) is 34.1 Å². The number of benzene rings is 1. The maximum atomic E-state index is 13.0. The number of aryl methyl sites for hydroxylation is 1. The van der Waals surface area contributed by atoms with Crippen molar-refractivity contribution >= 4 is 0 Å². The summed E-state index contributed by atoms with van der Waals surface area (Å²) in [4.78, 5) is 6.76. The zero-order chi connectivity index (χ0) is 14.7. The van der Waals surface area contributed by atoms with Gasteiger partial charge in [0.05, 0.1) is 19.3 Å². The Morgan fingerprint density at radius 3 is 2.90 bits per heavy atom. The maximum absolute atomic E-state index is 13.0. The number of nitrogens with zero attached hydrogens (tertiary/aromatic N) is 3. The molecular formula is C16H20FN3O. The summed E-state index contributed by atoms with van der Waals surface area (Å²) >= 11 is 0. The highest BCUT2D eigenvalue weighted by molar-refractivity contribution is 5.19. The van der Waals surface area contributed by atoms with Gasteiger partial charge in [0.1, 0.15) is 11.6 Å². The van der Waals surface area contributed by atoms with Crippen LogP contribution in [-0.2, 0) is 17.8 Å². The van der Waals surface area contributed by atoms with Crippen molar-refractivity contribution in [2.24, 2.45) is 0 Å². The molecule has 0 N–H and O–H groups in total. The van der Waals surface area contributed by atoms with E-state index in [4.69, 9.17) is 4.74 Å². The standard InChI is InChI=1S/C16H20FN3O/c1-2-20-8-7-18-16(20)12-19-9-10-21-15(11-19)13-3-5-14(17)6-4-13/h3-8,15H,2,9-12H2,1H3/t15-/m0/s1. The SMILES string of the molecule is CCn1ccnc1CN1CCO[C@H](c2ccc(F)cc2)C1. The van der Waals surface area contributed by atoms with Crippen LogP contribution in [0.15, 0.2) is 36.7 Å². The highest BCUT2D eigenvalue weighted by Crippen LogP contribution is 2.23. The van der Waals surface area contributed by atoms with Crippen LogP contribution >= 0.6 is 0 Å². The van der Waals surface area contributed by atoms with E-state index in [0.717, 1.165) is 37.6 Å². The molecule has 1 aromatic carbocycles. The van der Waals surface area contributed by atoms with Crippen LogP contribution < -0.4 is 0 Å². The molecule has 0 spiro atoms. The van der Waals surface area contributed by atoms with Crippen molar-refractivity contribution in [3.63, 3.8) is 0 Å². The second kappa shape index (κ2) is 6.37. The number of aromatic nitrogens is 2. The molecule has 1 saturated heterocycles. The first-order valence-electron chi connectivity index (χ1n) is 7.35. The molecule has 4 nitrogen and oxygen atoms in total. The first-order chi connectivity index (χ1) is 10.3. The number of halogens is 1. The average molecular weight is 289 g/mol. The van der Waals surface area contributed by atoms with Crippen molar-refractivity contribution in [1.82, 2.24) is 14.5 Å². The van der Waals surface area contributed by atoms with Crippen molar-refractivity contribution in [3.05, 3.63) is 53.9 Å². The lowest BCUT2D eigenvalue weighted by atomic mass is 10.1. The van der Waals surface area contributed by atoms with Crippen LogP contribution in [0.1, 0.15) is 24.4 Å². The van der Waals surface area contributed by atoms with E-state index in [1.54, 1.807) is 12.1 Å². The number of morpholine rings is 1. The average Bonchev–Trinajstić information content (AvgIpc) is 2.95. The van der Waals surface area contributed by atoms with Crippen molar-refractivity contribution in [2.45, 2.75) is 26.1 Å². The molecule has 1 fully saturated rings. The predicted molar refractivity (Wildman–Crippen MR) is 78.3 cm³/mol. The smallest absolute Gasteiger partial charge is 0.123 e. The zero-order valence-corrected chi connectivity index (χ0v) is 12.2. The molecule has 2 aromatic rings. The van der Waals surface area contributed by atoms with Crippen molar-refractivity contribution in [1.29, 1.82) is 0 Å². The normalized spacial score (nSPS) is 19.8. The fourth-order valence-electron chi connectivity index (χ4n) is 2.70. The number of imidazole rings is 1. The third-order valence-corrected chi connectivity index (χ3v) is 3.90. The Morgan fingerprint density at radius 1 is 1.33 bits per heavy atom. The Bertz CT molecular complexity index is 581. The summed E-state index contributed by atoms with van der Waals surface area (Å²) < 4.78 is 21.0. The van der Waals surface area contributed by atoms with Gasteiger partial charge in [0.25, 0.3) is 0 Å². The zero-order valence-electron chi connectivity index (χ0n) is 12.2. The number of hydrogen-bond acceptors (Lipinski definition) is 3. The molecule has 0 aliphatic carbocycles. The third kappa shape index (κ3) is 3.31. The van der Waals surface area contributed by atoms with E-state index < -0.39 is 0 Å². The van der Waals surface area contributed by atoms with Crippen molar-refractivity contribution in [3.8, 4) is 0 Å². The molecule has 1 aromatic heterocycles. The number of ether oxygens (including phenoxy) is 1. The number of hydrogen-bond donors (Lipinski definition) is 0. The molecule has 0 unspecified atom stereocenters. The Hall–Kier alpha value is -1.72. The lowest BCUT2D eigenvalue weighted by Crippen LogP contribution is -2.38. The van der Waals surface area contributed by atoms with Gasteiger partial charge in [-0.3, -0.25) is 4.90 Å². The van der Waals surface area contributed by atoms with Gasteiger partial charge in [-0.1, -0.05) is 12.1 Å². The summed E-state index contributed by atoms with van der Waals surface area (Å²) in [6.45, 7) is 6.26. The minimum Gasteiger partial charge on any atom is -0.371 e. The van der Waals surface area contributed by atoms with Gasteiger partial charge in [-0.25, -0.2) is 9.37 Å². The highest BCUT2D eigenvalue weighted by Gasteiger charge is 2.23. The lowest BCUT2D eigenvalue weighted by Gasteiger charge is -2.33. The molecule has 0 bridgehead atoms. The Morgan fingerprint density at radius 2 is 2.14 bits per heavy atom. The minimum absolute atomic E-state index is 0.00406. The molecule has 1 atom stereocenters. The van der Waals surface area contributed by atoms with Crippen LogP contribution in [0.5, 0.6) is 0 Å². The van der Waals surface area contributed by atoms with Crippen LogP contribution in [0.4, 0.5) is 4.39 Å². The summed E-state index contributed by atoms with van der Waals surface area (Å²) in [5.41, 5.74) is 1.03. The van der Waals surface area contributed by atoms with E-state index in [0.29, 0.717) is 6.61 Å². The highest BCUT2D eigenvalue weighted by atomic mass is 19.1. The Labute approximate surface area is 124 Å². The van der Waals surface area contributed by atoms with E-state index in [1.807, 2.05) is 12.4 Å². The summed E-state index contributed by atoms with van der Waals surface area (Å²) in [6, 6.07) is 6.58. The second-order valence-corrected chi connectivity index (χ2v) is 5.28. The fourth-order valence-corrected chi connectivity index (χ4v) is 2.70. The quantitative estimate of drug-likeness (QED) is 0.867. The maximum Gasteiger partial charge on any atom is 0.123 e. The largest absolute Gasteiger partial charge is 0.371 e.